The molecule has 0 aliphatic carbocycles. The van der Waals surface area contributed by atoms with Crippen LogP contribution in [0.1, 0.15) is 38.3 Å². The number of likely N-dealkylation sites (tertiary alicyclic amines) is 1. The minimum absolute atomic E-state index is 0.147. The summed E-state index contributed by atoms with van der Waals surface area (Å²) < 4.78 is 0. The van der Waals surface area contributed by atoms with E-state index in [1.54, 1.807) is 12.1 Å². The van der Waals surface area contributed by atoms with E-state index < -0.39 is 0 Å². The number of nitrogens with one attached hydrogen (secondary N) is 1. The Balaban J connectivity index is 1.83. The predicted molar refractivity (Wildman–Crippen MR) is 84.4 cm³/mol. The highest BCUT2D eigenvalue weighted by Gasteiger charge is 2.19. The number of hydrogen-bond acceptors (Lipinski definition) is 4. The topological polar surface area (TPSA) is 58.4 Å². The van der Waals surface area contributed by atoms with E-state index in [-0.39, 0.29) is 16.7 Å². The quantitative estimate of drug-likeness (QED) is 0.646. The molecular weight excluding hydrogens is 266 g/mol. The fourth-order valence-electron chi connectivity index (χ4n) is 2.88. The Hall–Kier alpha value is -1.46. The molecule has 1 N–H and O–H groups in total. The molecule has 1 saturated heterocycles. The normalized spacial score (nSPS) is 18.6. The van der Waals surface area contributed by atoms with E-state index in [0.29, 0.717) is 5.92 Å². The van der Waals surface area contributed by atoms with Crippen LogP contribution in [-0.4, -0.2) is 36.0 Å². The second kappa shape index (κ2) is 7.52. The van der Waals surface area contributed by atoms with Gasteiger partial charge in [-0.25, -0.2) is 0 Å². The van der Waals surface area contributed by atoms with Gasteiger partial charge in [0, 0.05) is 18.2 Å². The first-order valence-corrected chi connectivity index (χ1v) is 7.80. The number of non-ortho nitro benzene ring substituents is 1. The van der Waals surface area contributed by atoms with Crippen molar-refractivity contribution in [2.24, 2.45) is 5.92 Å². The highest BCUT2D eigenvalue weighted by molar-refractivity contribution is 5.35. The van der Waals surface area contributed by atoms with Crippen LogP contribution in [0.4, 0.5) is 5.69 Å². The van der Waals surface area contributed by atoms with E-state index in [2.05, 4.69) is 24.1 Å². The van der Waals surface area contributed by atoms with Crippen molar-refractivity contribution in [2.75, 3.05) is 26.2 Å². The molecule has 21 heavy (non-hydrogen) atoms. The Morgan fingerprint density at radius 1 is 1.43 bits per heavy atom. The molecule has 1 aliphatic heterocycles. The maximum Gasteiger partial charge on any atom is 0.269 e. The van der Waals surface area contributed by atoms with Crippen LogP contribution in [0.25, 0.3) is 0 Å². The maximum absolute atomic E-state index is 10.8. The van der Waals surface area contributed by atoms with Crippen LogP contribution in [0.2, 0.25) is 0 Å². The maximum atomic E-state index is 10.8. The van der Waals surface area contributed by atoms with Crippen molar-refractivity contribution in [3.63, 3.8) is 0 Å². The summed E-state index contributed by atoms with van der Waals surface area (Å²) in [5.74, 6) is 0.717. The number of piperidine rings is 1. The molecule has 116 valence electrons. The van der Waals surface area contributed by atoms with E-state index in [9.17, 15) is 10.1 Å². The zero-order valence-corrected chi connectivity index (χ0v) is 12.9. The van der Waals surface area contributed by atoms with Gasteiger partial charge in [0.05, 0.1) is 4.92 Å². The molecule has 0 radical (unpaired) electrons. The van der Waals surface area contributed by atoms with Crippen molar-refractivity contribution in [1.29, 1.82) is 0 Å². The molecule has 0 amide bonds. The van der Waals surface area contributed by atoms with Crippen LogP contribution in [0.5, 0.6) is 0 Å². The third-order valence-corrected chi connectivity index (χ3v) is 4.45. The van der Waals surface area contributed by atoms with Crippen molar-refractivity contribution in [2.45, 2.75) is 32.7 Å². The van der Waals surface area contributed by atoms with Crippen molar-refractivity contribution in [3.8, 4) is 0 Å². The summed E-state index contributed by atoms with van der Waals surface area (Å²) in [4.78, 5) is 13.0. The summed E-state index contributed by atoms with van der Waals surface area (Å²) in [5.41, 5.74) is 1.15. The van der Waals surface area contributed by atoms with Gasteiger partial charge in [0.15, 0.2) is 0 Å². The first-order chi connectivity index (χ1) is 10.1. The lowest BCUT2D eigenvalue weighted by Crippen LogP contribution is -2.37. The van der Waals surface area contributed by atoms with Gasteiger partial charge in [-0.1, -0.05) is 19.1 Å². The lowest BCUT2D eigenvalue weighted by Gasteiger charge is -2.31. The van der Waals surface area contributed by atoms with Gasteiger partial charge in [-0.15, -0.1) is 0 Å². The molecule has 0 aromatic heterocycles. The van der Waals surface area contributed by atoms with Crippen LogP contribution in [0.15, 0.2) is 24.3 Å². The van der Waals surface area contributed by atoms with Crippen molar-refractivity contribution >= 4 is 5.69 Å². The van der Waals surface area contributed by atoms with Gasteiger partial charge in [-0.05, 0) is 57.4 Å². The largest absolute Gasteiger partial charge is 0.310 e. The molecule has 1 unspecified atom stereocenters. The lowest BCUT2D eigenvalue weighted by molar-refractivity contribution is -0.384. The average molecular weight is 291 g/mol. The SMILES string of the molecule is CCN1CCC(CNC(C)c2cccc([N+](=O)[O-])c2)CC1. The monoisotopic (exact) mass is 291 g/mol. The summed E-state index contributed by atoms with van der Waals surface area (Å²) in [6.07, 6.45) is 2.48. The first-order valence-electron chi connectivity index (χ1n) is 7.80. The standard InChI is InChI=1S/C16H25N3O2/c1-3-18-9-7-14(8-10-18)12-17-13(2)15-5-4-6-16(11-15)19(20)21/h4-6,11,13-14,17H,3,7-10,12H2,1-2H3. The molecule has 0 saturated carbocycles. The number of benzene rings is 1. The highest BCUT2D eigenvalue weighted by Crippen LogP contribution is 2.21. The van der Waals surface area contributed by atoms with Gasteiger partial charge in [0.1, 0.15) is 0 Å². The number of nitrogens with zero attached hydrogens (tertiary/aromatic N) is 2. The fourth-order valence-corrected chi connectivity index (χ4v) is 2.88. The lowest BCUT2D eigenvalue weighted by atomic mass is 9.96. The average Bonchev–Trinajstić information content (AvgIpc) is 2.53. The fraction of sp³-hybridized carbons (Fsp3) is 0.625. The van der Waals surface area contributed by atoms with E-state index in [0.717, 1.165) is 18.7 Å². The van der Waals surface area contributed by atoms with Gasteiger partial charge >= 0.3 is 0 Å². The zero-order chi connectivity index (χ0) is 15.2. The Morgan fingerprint density at radius 2 is 2.14 bits per heavy atom. The summed E-state index contributed by atoms with van der Waals surface area (Å²) in [6, 6.07) is 7.05. The first kappa shape index (κ1) is 15.9. The number of hydrogen-bond donors (Lipinski definition) is 1. The summed E-state index contributed by atoms with van der Waals surface area (Å²) in [5, 5.41) is 14.3. The minimum atomic E-state index is -0.337. The second-order valence-electron chi connectivity index (χ2n) is 5.86. The number of nitro benzene ring substituents is 1. The molecule has 1 heterocycles. The number of rotatable bonds is 6. The Kier molecular flexibility index (Phi) is 5.70. The molecular formula is C16H25N3O2. The summed E-state index contributed by atoms with van der Waals surface area (Å²) >= 11 is 0. The molecule has 1 atom stereocenters. The molecule has 1 aromatic rings. The van der Waals surface area contributed by atoms with Gasteiger partial charge in [-0.2, -0.15) is 0 Å². The molecule has 1 aromatic carbocycles. The number of nitro groups is 1. The van der Waals surface area contributed by atoms with E-state index in [4.69, 9.17) is 0 Å². The third kappa shape index (κ3) is 4.51. The highest BCUT2D eigenvalue weighted by atomic mass is 16.6. The Bertz CT molecular complexity index is 470. The van der Waals surface area contributed by atoms with Gasteiger partial charge in [0.25, 0.3) is 5.69 Å². The Morgan fingerprint density at radius 3 is 2.76 bits per heavy atom. The third-order valence-electron chi connectivity index (χ3n) is 4.45. The van der Waals surface area contributed by atoms with E-state index >= 15 is 0 Å². The molecule has 0 spiro atoms. The summed E-state index contributed by atoms with van der Waals surface area (Å²) in [6.45, 7) is 8.79. The van der Waals surface area contributed by atoms with E-state index in [1.165, 1.54) is 32.0 Å². The van der Waals surface area contributed by atoms with Gasteiger partial charge in [-0.3, -0.25) is 10.1 Å². The summed E-state index contributed by atoms with van der Waals surface area (Å²) in [7, 11) is 0. The van der Waals surface area contributed by atoms with Gasteiger partial charge < -0.3 is 10.2 Å². The smallest absolute Gasteiger partial charge is 0.269 e. The molecule has 5 heteroatoms. The molecule has 0 bridgehead atoms. The Labute approximate surface area is 126 Å². The molecule has 1 fully saturated rings. The molecule has 2 rings (SSSR count). The van der Waals surface area contributed by atoms with Gasteiger partial charge in [0.2, 0.25) is 0 Å². The molecule has 5 nitrogen and oxygen atoms in total. The zero-order valence-electron chi connectivity index (χ0n) is 12.9. The second-order valence-corrected chi connectivity index (χ2v) is 5.86. The van der Waals surface area contributed by atoms with Crippen molar-refractivity contribution in [1.82, 2.24) is 10.2 Å². The van der Waals surface area contributed by atoms with Crippen LogP contribution in [0.3, 0.4) is 0 Å². The predicted octanol–water partition coefficient (Wildman–Crippen LogP) is 2.98. The van der Waals surface area contributed by atoms with Crippen LogP contribution < -0.4 is 5.32 Å². The molecule has 1 aliphatic rings. The van der Waals surface area contributed by atoms with Crippen LogP contribution >= 0.6 is 0 Å². The van der Waals surface area contributed by atoms with Crippen LogP contribution in [-0.2, 0) is 0 Å². The van der Waals surface area contributed by atoms with E-state index in [1.807, 2.05) is 6.07 Å². The van der Waals surface area contributed by atoms with Crippen LogP contribution in [0, 0.1) is 16.0 Å². The minimum Gasteiger partial charge on any atom is -0.310 e. The van der Waals surface area contributed by atoms with Crippen molar-refractivity contribution in [3.05, 3.63) is 39.9 Å². The van der Waals surface area contributed by atoms with Crippen molar-refractivity contribution < 1.29 is 4.92 Å².